The van der Waals surface area contributed by atoms with E-state index in [9.17, 15) is 39.6 Å². The number of fused-ring (bicyclic) bond motifs is 2. The Morgan fingerprint density at radius 2 is 0.882 bits per heavy atom. The van der Waals surface area contributed by atoms with Crippen LogP contribution in [0, 0.1) is 0 Å². The second kappa shape index (κ2) is 24.5. The van der Waals surface area contributed by atoms with Crippen molar-refractivity contribution in [1.82, 2.24) is 19.9 Å². The van der Waals surface area contributed by atoms with Crippen molar-refractivity contribution in [3.63, 3.8) is 0 Å². The molecule has 4 heterocycles. The van der Waals surface area contributed by atoms with E-state index in [-0.39, 0.29) is 81.4 Å². The van der Waals surface area contributed by atoms with Crippen molar-refractivity contribution in [2.24, 2.45) is 0 Å². The van der Waals surface area contributed by atoms with Gasteiger partial charge >= 0.3 is 71.1 Å². The van der Waals surface area contributed by atoms with Gasteiger partial charge in [-0.1, -0.05) is 86.6 Å². The minimum Gasteiger partial charge on any atom is -0.545 e. The van der Waals surface area contributed by atoms with Crippen LogP contribution in [0.5, 0.6) is 0 Å². The predicted molar refractivity (Wildman–Crippen MR) is 248 cm³/mol. The smallest absolute Gasteiger partial charge is 0.545 e. The molecular formula is C52H44N6Na2O8. The summed E-state index contributed by atoms with van der Waals surface area (Å²) in [5.74, 6) is -3.61. The van der Waals surface area contributed by atoms with Gasteiger partial charge in [0.05, 0.1) is 34.4 Å². The normalized spacial score (nSPS) is 10.5. The average Bonchev–Trinajstić information content (AvgIpc) is 3.33. The fourth-order valence-corrected chi connectivity index (χ4v) is 7.75. The van der Waals surface area contributed by atoms with Crippen LogP contribution in [0.2, 0.25) is 0 Å². The Morgan fingerprint density at radius 3 is 1.25 bits per heavy atom. The molecule has 2 N–H and O–H groups in total. The molecule has 0 fully saturated rings. The number of carbonyl (C=O) groups is 4. The molecule has 14 nitrogen and oxygen atoms in total. The summed E-state index contributed by atoms with van der Waals surface area (Å²) < 4.78 is 0. The van der Waals surface area contributed by atoms with Gasteiger partial charge in [0.2, 0.25) is 0 Å². The maximum atomic E-state index is 11.7. The SMILES string of the molecule is CCCN(Cc1ccc2nc(-c3ccccc3C(=O)[O-])ccc2c1)c1ncccc1C(=O)O.CCCN(Cc1ccc2nc(-c3ccccc3C(=O)[O-])ccc2c1)c1ncccc1C(=O)O.[Na+].[Na+]. The van der Waals surface area contributed by atoms with Crippen molar-refractivity contribution in [2.75, 3.05) is 22.9 Å². The Hall–Kier alpha value is -6.52. The van der Waals surface area contributed by atoms with Gasteiger partial charge in [-0.05, 0) is 84.6 Å². The van der Waals surface area contributed by atoms with E-state index in [1.165, 1.54) is 12.1 Å². The van der Waals surface area contributed by atoms with Gasteiger partial charge in [0, 0.05) is 71.6 Å². The van der Waals surface area contributed by atoms with Crippen LogP contribution in [0.4, 0.5) is 11.6 Å². The molecule has 8 rings (SSSR count). The Kier molecular flexibility index (Phi) is 18.9. The van der Waals surface area contributed by atoms with Crippen LogP contribution in [0.1, 0.15) is 79.2 Å². The Morgan fingerprint density at radius 1 is 0.500 bits per heavy atom. The molecule has 8 aromatic rings. The van der Waals surface area contributed by atoms with Crippen LogP contribution in [-0.4, -0.2) is 67.1 Å². The zero-order chi connectivity index (χ0) is 46.7. The van der Waals surface area contributed by atoms with Crippen LogP contribution in [0.15, 0.2) is 146 Å². The second-order valence-electron chi connectivity index (χ2n) is 15.3. The number of aromatic nitrogens is 4. The van der Waals surface area contributed by atoms with Crippen molar-refractivity contribution in [2.45, 2.75) is 39.8 Å². The minimum absolute atomic E-state index is 0. The number of rotatable bonds is 16. The maximum absolute atomic E-state index is 11.7. The standard InChI is InChI=1S/2C26H23N3O4.2Na/c2*1-2-14-29(24-21(26(32)33)8-5-13-27-24)16-17-9-11-22-18(15-17)10-12-23(28-22)19-6-3-4-7-20(19)25(30)31;;/h2*3-13,15H,2,14,16H2,1H3,(H,30,31)(H,32,33);;/q;;2*+1/p-2. The molecule has 0 unspecified atom stereocenters. The molecule has 0 aliphatic carbocycles. The van der Waals surface area contributed by atoms with Gasteiger partial charge < -0.3 is 39.8 Å². The number of hydrogen-bond donors (Lipinski definition) is 2. The van der Waals surface area contributed by atoms with Crippen LogP contribution in [-0.2, 0) is 13.1 Å². The second-order valence-corrected chi connectivity index (χ2v) is 15.3. The first-order chi connectivity index (χ1) is 31.9. The molecule has 0 radical (unpaired) electrons. The predicted octanol–water partition coefficient (Wildman–Crippen LogP) is 1.56. The molecule has 332 valence electrons. The average molecular weight is 927 g/mol. The van der Waals surface area contributed by atoms with E-state index < -0.39 is 23.9 Å². The molecule has 0 atom stereocenters. The van der Waals surface area contributed by atoms with E-state index in [2.05, 4.69) is 19.9 Å². The number of aromatic carboxylic acids is 4. The largest absolute Gasteiger partial charge is 1.00 e. The van der Waals surface area contributed by atoms with E-state index in [1.807, 2.05) is 72.2 Å². The Bertz CT molecular complexity index is 2890. The van der Waals surface area contributed by atoms with Crippen molar-refractivity contribution in [3.8, 4) is 22.5 Å². The summed E-state index contributed by atoms with van der Waals surface area (Å²) in [5, 5.41) is 43.8. The molecule has 0 aliphatic heterocycles. The molecule has 0 amide bonds. The molecule has 68 heavy (non-hydrogen) atoms. The van der Waals surface area contributed by atoms with Crippen molar-refractivity contribution in [3.05, 3.63) is 179 Å². The summed E-state index contributed by atoms with van der Waals surface area (Å²) in [6.45, 7) is 6.38. The number of carbonyl (C=O) groups excluding carboxylic acids is 2. The van der Waals surface area contributed by atoms with E-state index in [0.29, 0.717) is 60.3 Å². The topological polar surface area (TPSA) is 213 Å². The number of carboxylic acids is 4. The number of nitrogens with zero attached hydrogens (tertiary/aromatic N) is 6. The monoisotopic (exact) mass is 926 g/mol. The molecule has 0 saturated carbocycles. The van der Waals surface area contributed by atoms with E-state index in [4.69, 9.17) is 0 Å². The van der Waals surface area contributed by atoms with Gasteiger partial charge in [-0.2, -0.15) is 0 Å². The van der Waals surface area contributed by atoms with Gasteiger partial charge in [-0.3, -0.25) is 0 Å². The number of benzene rings is 4. The minimum atomic E-state index is -1.24. The molecule has 16 heteroatoms. The molecule has 4 aromatic heterocycles. The van der Waals surface area contributed by atoms with E-state index in [0.717, 1.165) is 45.8 Å². The van der Waals surface area contributed by atoms with E-state index in [1.54, 1.807) is 85.2 Å². The third-order valence-electron chi connectivity index (χ3n) is 10.7. The van der Waals surface area contributed by atoms with Crippen molar-refractivity contribution >= 4 is 57.3 Å². The van der Waals surface area contributed by atoms with E-state index >= 15 is 0 Å². The summed E-state index contributed by atoms with van der Waals surface area (Å²) >= 11 is 0. The Balaban J connectivity index is 0.000000247. The first-order valence-corrected chi connectivity index (χ1v) is 21.2. The van der Waals surface area contributed by atoms with Crippen LogP contribution >= 0.6 is 0 Å². The fourth-order valence-electron chi connectivity index (χ4n) is 7.75. The van der Waals surface area contributed by atoms with Gasteiger partial charge in [-0.15, -0.1) is 0 Å². The zero-order valence-electron chi connectivity index (χ0n) is 38.1. The third-order valence-corrected chi connectivity index (χ3v) is 10.7. The first kappa shape index (κ1) is 52.4. The quantitative estimate of drug-likeness (QED) is 0.132. The zero-order valence-corrected chi connectivity index (χ0v) is 42.1. The summed E-state index contributed by atoms with van der Waals surface area (Å²) in [4.78, 5) is 68.1. The Labute approximate surface area is 437 Å². The number of carboxylic acid groups (broad SMARTS) is 4. The van der Waals surface area contributed by atoms with Crippen molar-refractivity contribution in [1.29, 1.82) is 0 Å². The molecule has 0 saturated heterocycles. The van der Waals surface area contributed by atoms with Gasteiger partial charge in [-0.25, -0.2) is 29.5 Å². The summed E-state index contributed by atoms with van der Waals surface area (Å²) in [6.07, 6.45) is 4.87. The number of hydrogen-bond acceptors (Lipinski definition) is 12. The molecule has 4 aromatic carbocycles. The van der Waals surface area contributed by atoms with Gasteiger partial charge in [0.15, 0.2) is 0 Å². The van der Waals surface area contributed by atoms with Crippen LogP contribution in [0.3, 0.4) is 0 Å². The van der Waals surface area contributed by atoms with Crippen LogP contribution < -0.4 is 79.1 Å². The number of pyridine rings is 4. The van der Waals surface area contributed by atoms with Gasteiger partial charge in [0.25, 0.3) is 0 Å². The van der Waals surface area contributed by atoms with Gasteiger partial charge in [0.1, 0.15) is 22.8 Å². The maximum Gasteiger partial charge on any atom is 1.00 e. The third kappa shape index (κ3) is 12.5. The molecular weight excluding hydrogens is 883 g/mol. The number of anilines is 2. The molecule has 0 spiro atoms. The van der Waals surface area contributed by atoms with Crippen molar-refractivity contribution < 1.29 is 98.7 Å². The van der Waals surface area contributed by atoms with Crippen LogP contribution in [0.25, 0.3) is 44.3 Å². The summed E-state index contributed by atoms with van der Waals surface area (Å²) in [7, 11) is 0. The summed E-state index contributed by atoms with van der Waals surface area (Å²) in [5.41, 5.74) is 6.11. The molecule has 0 aliphatic rings. The fraction of sp³-hybridized carbons (Fsp3) is 0.154. The first-order valence-electron chi connectivity index (χ1n) is 21.2. The molecule has 0 bridgehead atoms. The summed E-state index contributed by atoms with van der Waals surface area (Å²) in [6, 6.07) is 38.7.